The zero-order valence-corrected chi connectivity index (χ0v) is 21.9. The van der Waals surface area contributed by atoms with Crippen molar-refractivity contribution in [3.63, 3.8) is 0 Å². The lowest BCUT2D eigenvalue weighted by Gasteiger charge is -2.25. The number of nitrogens with zero attached hydrogens (tertiary/aromatic N) is 2. The average Bonchev–Trinajstić information content (AvgIpc) is 3.39. The molecule has 0 radical (unpaired) electrons. The SMILES string of the molecule is c1ccc(N(c2ccccc2)c2ccc(-n3c4ccccc4c4c5ccccc5c5ccccc5c43)cc2)cc1. The first-order chi connectivity index (χ1) is 19.9. The van der Waals surface area contributed by atoms with Crippen molar-refractivity contribution in [3.8, 4) is 5.69 Å². The van der Waals surface area contributed by atoms with Gasteiger partial charge in [0.05, 0.1) is 11.0 Å². The monoisotopic (exact) mass is 510 g/mol. The topological polar surface area (TPSA) is 8.17 Å². The predicted octanol–water partition coefficient (Wildman–Crippen LogP) is 10.6. The maximum absolute atomic E-state index is 2.44. The highest BCUT2D eigenvalue weighted by Gasteiger charge is 2.19. The second kappa shape index (κ2) is 9.14. The number of fused-ring (bicyclic) bond motifs is 8. The quantitative estimate of drug-likeness (QED) is 0.214. The smallest absolute Gasteiger partial charge is 0.0625 e. The van der Waals surface area contributed by atoms with Crippen LogP contribution >= 0.6 is 0 Å². The van der Waals surface area contributed by atoms with Crippen LogP contribution in [0.5, 0.6) is 0 Å². The second-order valence-electron chi connectivity index (χ2n) is 10.2. The van der Waals surface area contributed by atoms with Crippen molar-refractivity contribution in [2.45, 2.75) is 0 Å². The number of benzene rings is 7. The van der Waals surface area contributed by atoms with E-state index in [2.05, 4.69) is 167 Å². The van der Waals surface area contributed by atoms with Crippen LogP contribution in [0.4, 0.5) is 17.1 Å². The highest BCUT2D eigenvalue weighted by molar-refractivity contribution is 6.32. The summed E-state index contributed by atoms with van der Waals surface area (Å²) in [7, 11) is 0. The average molecular weight is 511 g/mol. The molecule has 8 aromatic rings. The fraction of sp³-hybridized carbons (Fsp3) is 0. The molecule has 0 spiro atoms. The Bertz CT molecular complexity index is 2100. The molecule has 0 atom stereocenters. The first kappa shape index (κ1) is 22.6. The van der Waals surface area contributed by atoms with E-state index in [9.17, 15) is 0 Å². The van der Waals surface area contributed by atoms with Crippen LogP contribution in [0.15, 0.2) is 158 Å². The van der Waals surface area contributed by atoms with E-state index < -0.39 is 0 Å². The maximum Gasteiger partial charge on any atom is 0.0625 e. The van der Waals surface area contributed by atoms with E-state index in [-0.39, 0.29) is 0 Å². The number of anilines is 3. The number of rotatable bonds is 4. The third-order valence-corrected chi connectivity index (χ3v) is 7.94. The number of para-hydroxylation sites is 3. The highest BCUT2D eigenvalue weighted by atomic mass is 15.1. The molecule has 0 amide bonds. The van der Waals surface area contributed by atoms with Gasteiger partial charge in [-0.1, -0.05) is 103 Å². The molecule has 0 aliphatic heterocycles. The van der Waals surface area contributed by atoms with Crippen molar-refractivity contribution < 1.29 is 0 Å². The molecular weight excluding hydrogens is 484 g/mol. The van der Waals surface area contributed by atoms with Gasteiger partial charge in [-0.15, -0.1) is 0 Å². The van der Waals surface area contributed by atoms with Crippen LogP contribution in [0, 0.1) is 0 Å². The van der Waals surface area contributed by atoms with Crippen LogP contribution in [0.1, 0.15) is 0 Å². The molecular formula is C38H26N2. The number of hydrogen-bond acceptors (Lipinski definition) is 1. The van der Waals surface area contributed by atoms with Crippen LogP contribution in [0.3, 0.4) is 0 Å². The van der Waals surface area contributed by atoms with Gasteiger partial charge in [0.2, 0.25) is 0 Å². The lowest BCUT2D eigenvalue weighted by Crippen LogP contribution is -2.09. The lowest BCUT2D eigenvalue weighted by atomic mass is 9.97. The molecule has 188 valence electrons. The Hall–Kier alpha value is -5.34. The van der Waals surface area contributed by atoms with Gasteiger partial charge in [-0.25, -0.2) is 0 Å². The molecule has 0 aliphatic carbocycles. The van der Waals surface area contributed by atoms with E-state index in [1.807, 2.05) is 0 Å². The molecule has 0 saturated carbocycles. The Kier molecular flexibility index (Phi) is 5.17. The van der Waals surface area contributed by atoms with Gasteiger partial charge in [-0.3, -0.25) is 0 Å². The minimum absolute atomic E-state index is 1.12. The molecule has 40 heavy (non-hydrogen) atoms. The molecule has 8 rings (SSSR count). The van der Waals surface area contributed by atoms with Gasteiger partial charge >= 0.3 is 0 Å². The zero-order chi connectivity index (χ0) is 26.5. The third kappa shape index (κ3) is 3.43. The summed E-state index contributed by atoms with van der Waals surface area (Å²) in [6.45, 7) is 0. The highest BCUT2D eigenvalue weighted by Crippen LogP contribution is 2.42. The molecule has 0 N–H and O–H groups in total. The Morgan fingerprint density at radius 2 is 0.800 bits per heavy atom. The summed E-state index contributed by atoms with van der Waals surface area (Å²) in [5, 5.41) is 7.73. The zero-order valence-electron chi connectivity index (χ0n) is 21.9. The Labute approximate surface area is 233 Å². The van der Waals surface area contributed by atoms with E-state index in [4.69, 9.17) is 0 Å². The summed E-state index contributed by atoms with van der Waals surface area (Å²) in [4.78, 5) is 2.30. The standard InChI is InChI=1S/C38H26N2/c1-3-13-27(14-4-1)39(28-15-5-2-6-16-28)29-23-25-30(26-24-29)40-36-22-12-11-21-35(36)37-33-19-9-7-17-31(33)32-18-8-10-20-34(32)38(37)40/h1-26H. The van der Waals surface area contributed by atoms with Crippen molar-refractivity contribution in [3.05, 3.63) is 158 Å². The summed E-state index contributed by atoms with van der Waals surface area (Å²) in [6, 6.07) is 56.5. The van der Waals surface area contributed by atoms with Crippen LogP contribution in [-0.4, -0.2) is 4.57 Å². The van der Waals surface area contributed by atoms with Crippen LogP contribution in [0.2, 0.25) is 0 Å². The van der Waals surface area contributed by atoms with E-state index >= 15 is 0 Å². The minimum atomic E-state index is 1.12. The second-order valence-corrected chi connectivity index (χ2v) is 10.2. The number of hydrogen-bond donors (Lipinski definition) is 0. The van der Waals surface area contributed by atoms with E-state index in [0.717, 1.165) is 22.7 Å². The summed E-state index contributed by atoms with van der Waals surface area (Å²) >= 11 is 0. The van der Waals surface area contributed by atoms with Crippen molar-refractivity contribution in [2.75, 3.05) is 4.90 Å². The molecule has 0 aliphatic rings. The van der Waals surface area contributed by atoms with E-state index in [1.54, 1.807) is 0 Å². The molecule has 0 bridgehead atoms. The van der Waals surface area contributed by atoms with Gasteiger partial charge in [0.25, 0.3) is 0 Å². The van der Waals surface area contributed by atoms with E-state index in [0.29, 0.717) is 0 Å². The van der Waals surface area contributed by atoms with Crippen molar-refractivity contribution in [1.82, 2.24) is 4.57 Å². The molecule has 0 saturated heterocycles. The van der Waals surface area contributed by atoms with Crippen molar-refractivity contribution in [1.29, 1.82) is 0 Å². The van der Waals surface area contributed by atoms with Crippen LogP contribution in [-0.2, 0) is 0 Å². The maximum atomic E-state index is 2.44. The fourth-order valence-corrected chi connectivity index (χ4v) is 6.25. The molecule has 2 heteroatoms. The summed E-state index contributed by atoms with van der Waals surface area (Å²) < 4.78 is 2.44. The van der Waals surface area contributed by atoms with Crippen molar-refractivity contribution in [2.24, 2.45) is 0 Å². The lowest BCUT2D eigenvalue weighted by molar-refractivity contribution is 1.18. The largest absolute Gasteiger partial charge is 0.311 e. The van der Waals surface area contributed by atoms with Crippen LogP contribution in [0.25, 0.3) is 49.0 Å². The van der Waals surface area contributed by atoms with Gasteiger partial charge in [-0.2, -0.15) is 0 Å². The van der Waals surface area contributed by atoms with E-state index in [1.165, 1.54) is 43.4 Å². The van der Waals surface area contributed by atoms with Gasteiger partial charge < -0.3 is 9.47 Å². The fourth-order valence-electron chi connectivity index (χ4n) is 6.25. The van der Waals surface area contributed by atoms with Gasteiger partial charge in [0.15, 0.2) is 0 Å². The molecule has 0 unspecified atom stereocenters. The predicted molar refractivity (Wildman–Crippen MR) is 170 cm³/mol. The summed E-state index contributed by atoms with van der Waals surface area (Å²) in [6.07, 6.45) is 0. The Morgan fingerprint density at radius 1 is 0.350 bits per heavy atom. The number of aromatic nitrogens is 1. The molecule has 1 aromatic heterocycles. The first-order valence-corrected chi connectivity index (χ1v) is 13.7. The van der Waals surface area contributed by atoms with Crippen LogP contribution < -0.4 is 4.90 Å². The normalized spacial score (nSPS) is 11.5. The molecule has 7 aromatic carbocycles. The van der Waals surface area contributed by atoms with Crippen molar-refractivity contribution >= 4 is 60.4 Å². The first-order valence-electron chi connectivity index (χ1n) is 13.7. The Balaban J connectivity index is 1.40. The van der Waals surface area contributed by atoms with Gasteiger partial charge in [0, 0.05) is 38.9 Å². The summed E-state index contributed by atoms with van der Waals surface area (Å²) in [5.74, 6) is 0. The molecule has 0 fully saturated rings. The molecule has 1 heterocycles. The van der Waals surface area contributed by atoms with Gasteiger partial charge in [-0.05, 0) is 70.8 Å². The third-order valence-electron chi connectivity index (χ3n) is 7.94. The minimum Gasteiger partial charge on any atom is -0.311 e. The Morgan fingerprint density at radius 3 is 1.43 bits per heavy atom. The summed E-state index contributed by atoms with van der Waals surface area (Å²) in [5.41, 5.74) is 7.01. The van der Waals surface area contributed by atoms with Gasteiger partial charge in [0.1, 0.15) is 0 Å². The molecule has 2 nitrogen and oxygen atoms in total.